The smallest absolute Gasteiger partial charge is 0.269 e. The van der Waals surface area contributed by atoms with Gasteiger partial charge in [0.25, 0.3) is 5.91 Å². The van der Waals surface area contributed by atoms with Gasteiger partial charge in [0.05, 0.1) is 17.9 Å². The van der Waals surface area contributed by atoms with Crippen LogP contribution in [0.4, 0.5) is 0 Å². The number of nitrogens with zero attached hydrogens (tertiary/aromatic N) is 4. The minimum absolute atomic E-state index is 0.106. The number of carbonyl (C=O) groups excluding carboxylic acids is 1. The molecule has 7 heteroatoms. The van der Waals surface area contributed by atoms with Gasteiger partial charge < -0.3 is 9.88 Å². The first-order valence-corrected chi connectivity index (χ1v) is 8.51. The zero-order chi connectivity index (χ0) is 15.7. The van der Waals surface area contributed by atoms with Crippen molar-refractivity contribution in [3.63, 3.8) is 0 Å². The van der Waals surface area contributed by atoms with Crippen LogP contribution in [0.5, 0.6) is 0 Å². The molecule has 0 unspecified atom stereocenters. The Bertz CT molecular complexity index is 667. The van der Waals surface area contributed by atoms with Crippen LogP contribution in [0.15, 0.2) is 17.4 Å². The first-order valence-electron chi connectivity index (χ1n) is 7.53. The Morgan fingerprint density at radius 3 is 3.00 bits per heavy atom. The lowest BCUT2D eigenvalue weighted by atomic mass is 10.1. The molecule has 118 valence electrons. The Labute approximate surface area is 134 Å². The Balaban J connectivity index is 1.62. The van der Waals surface area contributed by atoms with E-state index in [2.05, 4.69) is 33.8 Å². The number of nitrogens with one attached hydrogen (secondary N) is 1. The second-order valence-corrected chi connectivity index (χ2v) is 7.04. The lowest BCUT2D eigenvalue weighted by Gasteiger charge is -2.03. The number of rotatable bonds is 5. The van der Waals surface area contributed by atoms with Gasteiger partial charge in [-0.3, -0.25) is 9.48 Å². The van der Waals surface area contributed by atoms with Crippen LogP contribution in [0.3, 0.4) is 0 Å². The van der Waals surface area contributed by atoms with E-state index in [1.165, 1.54) is 0 Å². The van der Waals surface area contributed by atoms with E-state index in [1.54, 1.807) is 23.5 Å². The van der Waals surface area contributed by atoms with Gasteiger partial charge >= 0.3 is 0 Å². The number of aryl methyl sites for hydroxylation is 2. The molecule has 2 aromatic heterocycles. The van der Waals surface area contributed by atoms with E-state index in [0.29, 0.717) is 18.2 Å². The van der Waals surface area contributed by atoms with E-state index in [4.69, 9.17) is 0 Å². The van der Waals surface area contributed by atoms with Gasteiger partial charge in [-0.05, 0) is 18.4 Å². The molecule has 1 amide bonds. The fourth-order valence-electron chi connectivity index (χ4n) is 2.57. The van der Waals surface area contributed by atoms with Crippen molar-refractivity contribution >= 4 is 17.7 Å². The fourth-order valence-corrected chi connectivity index (χ4v) is 3.53. The third kappa shape index (κ3) is 3.19. The lowest BCUT2D eigenvalue weighted by molar-refractivity contribution is 0.0941. The highest BCUT2D eigenvalue weighted by Crippen LogP contribution is 2.24. The highest BCUT2D eigenvalue weighted by molar-refractivity contribution is 7.99. The summed E-state index contributed by atoms with van der Waals surface area (Å²) in [5.41, 5.74) is 2.46. The van der Waals surface area contributed by atoms with Gasteiger partial charge in [-0.2, -0.15) is 5.10 Å². The summed E-state index contributed by atoms with van der Waals surface area (Å²) in [6.07, 6.45) is 2.90. The monoisotopic (exact) mass is 319 g/mol. The summed E-state index contributed by atoms with van der Waals surface area (Å²) >= 11 is 1.76. The quantitative estimate of drug-likeness (QED) is 0.913. The molecule has 1 N–H and O–H groups in total. The molecule has 1 aliphatic heterocycles. The predicted molar refractivity (Wildman–Crippen MR) is 85.9 cm³/mol. The number of amides is 1. The number of hydrogen-bond acceptors (Lipinski definition) is 4. The van der Waals surface area contributed by atoms with Gasteiger partial charge in [-0.25, -0.2) is 4.98 Å². The van der Waals surface area contributed by atoms with Crippen molar-refractivity contribution in [1.29, 1.82) is 0 Å². The second-order valence-electron chi connectivity index (χ2n) is 5.98. The predicted octanol–water partition coefficient (Wildman–Crippen LogP) is 1.85. The second kappa shape index (κ2) is 6.16. The van der Waals surface area contributed by atoms with Crippen LogP contribution in [0.25, 0.3) is 0 Å². The minimum atomic E-state index is -0.106. The molecule has 3 heterocycles. The maximum absolute atomic E-state index is 12.3. The van der Waals surface area contributed by atoms with Crippen molar-refractivity contribution in [2.24, 2.45) is 13.0 Å². The topological polar surface area (TPSA) is 64.7 Å². The number of imidazole rings is 1. The van der Waals surface area contributed by atoms with E-state index in [-0.39, 0.29) is 5.91 Å². The van der Waals surface area contributed by atoms with Crippen molar-refractivity contribution in [3.8, 4) is 0 Å². The third-order valence-corrected chi connectivity index (χ3v) is 4.53. The Kier molecular flexibility index (Phi) is 4.24. The fraction of sp³-hybridized carbons (Fsp3) is 0.533. The highest BCUT2D eigenvalue weighted by Gasteiger charge is 2.17. The first-order chi connectivity index (χ1) is 10.5. The minimum Gasteiger partial charge on any atom is -0.345 e. The molecule has 22 heavy (non-hydrogen) atoms. The molecular formula is C15H21N5OS. The standard InChI is InChI=1S/C15H21N5OS/c1-10(2)6-11-7-13(19(3)18-11)14(21)16-8-12-9-20-4-5-22-15(20)17-12/h7,9-10H,4-6,8H2,1-3H3,(H,16,21). The van der Waals surface area contributed by atoms with E-state index in [1.807, 2.05) is 12.3 Å². The van der Waals surface area contributed by atoms with Gasteiger partial charge in [-0.15, -0.1) is 0 Å². The number of fused-ring (bicyclic) bond motifs is 1. The number of hydrogen-bond donors (Lipinski definition) is 1. The molecule has 0 radical (unpaired) electrons. The maximum Gasteiger partial charge on any atom is 0.269 e. The number of thioether (sulfide) groups is 1. The van der Waals surface area contributed by atoms with Gasteiger partial charge in [0.15, 0.2) is 5.16 Å². The summed E-state index contributed by atoms with van der Waals surface area (Å²) in [5.74, 6) is 1.50. The van der Waals surface area contributed by atoms with Crippen molar-refractivity contribution in [3.05, 3.63) is 29.3 Å². The summed E-state index contributed by atoms with van der Waals surface area (Å²) in [5, 5.41) is 8.37. The zero-order valence-electron chi connectivity index (χ0n) is 13.2. The highest BCUT2D eigenvalue weighted by atomic mass is 32.2. The van der Waals surface area contributed by atoms with Crippen LogP contribution >= 0.6 is 11.8 Å². The lowest BCUT2D eigenvalue weighted by Crippen LogP contribution is -2.25. The average molecular weight is 319 g/mol. The molecule has 2 aromatic rings. The van der Waals surface area contributed by atoms with Gasteiger partial charge in [0, 0.05) is 25.5 Å². The first kappa shape index (κ1) is 15.1. The van der Waals surface area contributed by atoms with Gasteiger partial charge in [-0.1, -0.05) is 25.6 Å². The summed E-state index contributed by atoms with van der Waals surface area (Å²) < 4.78 is 3.78. The summed E-state index contributed by atoms with van der Waals surface area (Å²) in [6.45, 7) is 5.74. The molecule has 6 nitrogen and oxygen atoms in total. The summed E-state index contributed by atoms with van der Waals surface area (Å²) in [6, 6.07) is 1.87. The Morgan fingerprint density at radius 1 is 1.45 bits per heavy atom. The van der Waals surface area contributed by atoms with Crippen LogP contribution in [0.1, 0.15) is 35.7 Å². The molecule has 0 saturated heterocycles. The Hall–Kier alpha value is -1.76. The van der Waals surface area contributed by atoms with Crippen LogP contribution in [-0.4, -0.2) is 31.0 Å². The molecule has 0 fully saturated rings. The molecular weight excluding hydrogens is 298 g/mol. The van der Waals surface area contributed by atoms with Crippen LogP contribution < -0.4 is 5.32 Å². The zero-order valence-corrected chi connectivity index (χ0v) is 14.0. The van der Waals surface area contributed by atoms with Crippen molar-refractivity contribution < 1.29 is 4.79 Å². The molecule has 0 aromatic carbocycles. The normalized spacial score (nSPS) is 13.6. The summed E-state index contributed by atoms with van der Waals surface area (Å²) in [7, 11) is 1.81. The van der Waals surface area contributed by atoms with Crippen LogP contribution in [-0.2, 0) is 26.6 Å². The average Bonchev–Trinajstić information content (AvgIpc) is 3.09. The molecule has 0 aliphatic carbocycles. The van der Waals surface area contributed by atoms with Gasteiger partial charge in [0.1, 0.15) is 5.69 Å². The maximum atomic E-state index is 12.3. The molecule has 3 rings (SSSR count). The SMILES string of the molecule is CC(C)Cc1cc(C(=O)NCc2cn3c(n2)SCC3)n(C)n1. The van der Waals surface area contributed by atoms with E-state index >= 15 is 0 Å². The van der Waals surface area contributed by atoms with Crippen LogP contribution in [0.2, 0.25) is 0 Å². The summed E-state index contributed by atoms with van der Waals surface area (Å²) in [4.78, 5) is 16.8. The van der Waals surface area contributed by atoms with Gasteiger partial charge in [0.2, 0.25) is 0 Å². The van der Waals surface area contributed by atoms with Crippen molar-refractivity contribution in [1.82, 2.24) is 24.6 Å². The number of aromatic nitrogens is 4. The molecule has 0 spiro atoms. The molecule has 1 aliphatic rings. The van der Waals surface area contributed by atoms with E-state index < -0.39 is 0 Å². The van der Waals surface area contributed by atoms with Crippen molar-refractivity contribution in [2.45, 2.75) is 38.5 Å². The van der Waals surface area contributed by atoms with Crippen LogP contribution in [0, 0.1) is 5.92 Å². The van der Waals surface area contributed by atoms with E-state index in [0.717, 1.165) is 35.3 Å². The van der Waals surface area contributed by atoms with Crippen molar-refractivity contribution in [2.75, 3.05) is 5.75 Å². The largest absolute Gasteiger partial charge is 0.345 e. The number of carbonyl (C=O) groups is 1. The molecule has 0 atom stereocenters. The Morgan fingerprint density at radius 2 is 2.27 bits per heavy atom. The molecule has 0 saturated carbocycles. The third-order valence-electron chi connectivity index (χ3n) is 3.56. The van der Waals surface area contributed by atoms with E-state index in [9.17, 15) is 4.79 Å². The molecule has 0 bridgehead atoms.